The molecule has 0 saturated carbocycles. The maximum Gasteiger partial charge on any atom is 0.338 e. The van der Waals surface area contributed by atoms with Crippen molar-refractivity contribution in [3.8, 4) is 46.0 Å². The van der Waals surface area contributed by atoms with Crippen LogP contribution in [0.2, 0.25) is 0 Å². The van der Waals surface area contributed by atoms with Gasteiger partial charge in [0, 0.05) is 24.3 Å². The molecular formula is C28H16N4O16. The lowest BCUT2D eigenvalue weighted by molar-refractivity contribution is -0.395. The lowest BCUT2D eigenvalue weighted by Crippen LogP contribution is -2.05. The molecule has 0 atom stereocenters. The second kappa shape index (κ2) is 12.5. The summed E-state index contributed by atoms with van der Waals surface area (Å²) in [6, 6.07) is 8.95. The van der Waals surface area contributed by atoms with E-state index < -0.39 is 77.4 Å². The molecule has 1 aliphatic rings. The predicted octanol–water partition coefficient (Wildman–Crippen LogP) is 6.38. The number of nitro benzene ring substituents is 4. The first-order valence-electron chi connectivity index (χ1n) is 12.9. The van der Waals surface area contributed by atoms with Gasteiger partial charge < -0.3 is 28.4 Å². The minimum atomic E-state index is -0.988. The molecule has 0 spiro atoms. The summed E-state index contributed by atoms with van der Waals surface area (Å²) in [6.07, 6.45) is 0. The number of carbonyl (C=O) groups excluding carboxylic acids is 2. The van der Waals surface area contributed by atoms with Gasteiger partial charge in [0.25, 0.3) is 0 Å². The highest BCUT2D eigenvalue weighted by Gasteiger charge is 2.31. The first-order valence-corrected chi connectivity index (χ1v) is 12.9. The predicted molar refractivity (Wildman–Crippen MR) is 155 cm³/mol. The third-order valence-corrected chi connectivity index (χ3v) is 6.38. The Morgan fingerprint density at radius 3 is 0.917 bits per heavy atom. The molecule has 0 N–H and O–H groups in total. The highest BCUT2D eigenvalue weighted by Crippen LogP contribution is 2.47. The lowest BCUT2D eigenvalue weighted by atomic mass is 10.1. The van der Waals surface area contributed by atoms with Gasteiger partial charge >= 0.3 is 34.7 Å². The standard InChI is InChI=1S/C28H16N4O16/c1-43-27(33)13-3-15-7-16(4-13)46-24-12-26(22(32(41)42)10-20(24)30(37)38)48-18-6-14(28(34)44-2)5-17(8-18)47-25-11-23(45-15)19(29(35)36)9-21(25)31(39)40/h3-12H,1-2H3. The van der Waals surface area contributed by atoms with E-state index >= 15 is 0 Å². The number of ether oxygens (including phenoxy) is 6. The highest BCUT2D eigenvalue weighted by molar-refractivity contribution is 5.91. The first-order chi connectivity index (χ1) is 22.8. The van der Waals surface area contributed by atoms with Gasteiger partial charge in [-0.05, 0) is 24.3 Å². The molecule has 0 radical (unpaired) electrons. The number of hydrogen-bond acceptors (Lipinski definition) is 16. The number of rotatable bonds is 6. The van der Waals surface area contributed by atoms with Crippen molar-refractivity contribution >= 4 is 34.7 Å². The van der Waals surface area contributed by atoms with E-state index in [9.17, 15) is 50.0 Å². The van der Waals surface area contributed by atoms with Gasteiger partial charge in [-0.1, -0.05) is 0 Å². The fourth-order valence-electron chi connectivity index (χ4n) is 4.33. The van der Waals surface area contributed by atoms with Gasteiger partial charge in [0.1, 0.15) is 35.1 Å². The summed E-state index contributed by atoms with van der Waals surface area (Å²) in [5.74, 6) is -5.92. The molecule has 4 aromatic rings. The van der Waals surface area contributed by atoms with Crippen LogP contribution in [0.3, 0.4) is 0 Å². The summed E-state index contributed by atoms with van der Waals surface area (Å²) in [6.45, 7) is 0. The Hall–Kier alpha value is -7.38. The minimum absolute atomic E-state index is 0.279. The summed E-state index contributed by atoms with van der Waals surface area (Å²) in [5, 5.41) is 47.8. The summed E-state index contributed by atoms with van der Waals surface area (Å²) >= 11 is 0. The van der Waals surface area contributed by atoms with E-state index in [0.717, 1.165) is 62.8 Å². The number of nitro groups is 4. The highest BCUT2D eigenvalue weighted by atomic mass is 16.6. The molecule has 0 saturated heterocycles. The molecule has 0 aliphatic carbocycles. The van der Waals surface area contributed by atoms with Gasteiger partial charge in [0.05, 0.1) is 45.0 Å². The molecule has 5 rings (SSSR count). The molecule has 244 valence electrons. The van der Waals surface area contributed by atoms with Crippen molar-refractivity contribution in [2.24, 2.45) is 0 Å². The van der Waals surface area contributed by atoms with E-state index in [4.69, 9.17) is 28.4 Å². The van der Waals surface area contributed by atoms with E-state index in [-0.39, 0.29) is 34.1 Å². The molecule has 1 aliphatic heterocycles. The number of nitrogens with zero attached hydrogens (tertiary/aromatic N) is 4. The van der Waals surface area contributed by atoms with Gasteiger partial charge in [-0.2, -0.15) is 0 Å². The Balaban J connectivity index is 1.85. The fraction of sp³-hybridized carbons (Fsp3) is 0.0714. The average Bonchev–Trinajstić information content (AvgIpc) is 3.02. The zero-order valence-electron chi connectivity index (χ0n) is 24.1. The van der Waals surface area contributed by atoms with Crippen LogP contribution >= 0.6 is 0 Å². The Morgan fingerprint density at radius 2 is 0.708 bits per heavy atom. The van der Waals surface area contributed by atoms with Gasteiger partial charge in [0.2, 0.25) is 23.0 Å². The van der Waals surface area contributed by atoms with Crippen LogP contribution in [0, 0.1) is 40.5 Å². The second-order valence-corrected chi connectivity index (χ2v) is 9.38. The number of benzene rings is 4. The Kier molecular flexibility index (Phi) is 8.37. The van der Waals surface area contributed by atoms with E-state index in [1.807, 2.05) is 0 Å². The minimum Gasteiger partial charge on any atom is -0.465 e. The number of carbonyl (C=O) groups is 2. The van der Waals surface area contributed by atoms with E-state index in [1.54, 1.807) is 0 Å². The molecule has 20 nitrogen and oxygen atoms in total. The van der Waals surface area contributed by atoms with Crippen LogP contribution < -0.4 is 18.9 Å². The topological polar surface area (TPSA) is 262 Å². The van der Waals surface area contributed by atoms with Crippen LogP contribution in [0.25, 0.3) is 0 Å². The Bertz CT molecular complexity index is 1820. The molecular weight excluding hydrogens is 648 g/mol. The summed E-state index contributed by atoms with van der Waals surface area (Å²) in [7, 11) is 2.06. The van der Waals surface area contributed by atoms with Crippen LogP contribution in [0.1, 0.15) is 20.7 Å². The zero-order chi connectivity index (χ0) is 34.9. The quantitative estimate of drug-likeness (QED) is 0.108. The molecule has 48 heavy (non-hydrogen) atoms. The van der Waals surface area contributed by atoms with Gasteiger partial charge in [0.15, 0.2) is 0 Å². The van der Waals surface area contributed by atoms with Crippen molar-refractivity contribution in [3.05, 3.63) is 112 Å². The van der Waals surface area contributed by atoms with Crippen molar-refractivity contribution in [3.63, 3.8) is 0 Å². The third-order valence-electron chi connectivity index (χ3n) is 6.38. The maximum atomic E-state index is 12.5. The largest absolute Gasteiger partial charge is 0.465 e. The van der Waals surface area contributed by atoms with Crippen LogP contribution in [0.4, 0.5) is 22.7 Å². The lowest BCUT2D eigenvalue weighted by Gasteiger charge is -2.15. The van der Waals surface area contributed by atoms with E-state index in [1.165, 1.54) is 0 Å². The van der Waals surface area contributed by atoms with Gasteiger partial charge in [-0.25, -0.2) is 9.59 Å². The summed E-state index contributed by atoms with van der Waals surface area (Å²) in [4.78, 5) is 68.8. The molecule has 4 aromatic carbocycles. The molecule has 8 bridgehead atoms. The molecule has 0 fully saturated rings. The normalized spacial score (nSPS) is 11.4. The number of fused-ring (bicyclic) bond motifs is 8. The summed E-state index contributed by atoms with van der Waals surface area (Å²) in [5.41, 5.74) is -4.21. The van der Waals surface area contributed by atoms with Crippen molar-refractivity contribution in [1.82, 2.24) is 0 Å². The summed E-state index contributed by atoms with van der Waals surface area (Å²) < 4.78 is 32.2. The number of hydrogen-bond donors (Lipinski definition) is 0. The molecule has 0 aromatic heterocycles. The monoisotopic (exact) mass is 664 g/mol. The molecule has 1 heterocycles. The number of esters is 2. The Labute approximate surface area is 265 Å². The van der Waals surface area contributed by atoms with Crippen molar-refractivity contribution < 1.29 is 57.7 Å². The molecule has 20 heteroatoms. The first kappa shape index (κ1) is 32.0. The van der Waals surface area contributed by atoms with Gasteiger partial charge in [-0.3, -0.25) is 40.5 Å². The van der Waals surface area contributed by atoms with E-state index in [0.29, 0.717) is 12.1 Å². The number of methoxy groups -OCH3 is 2. The van der Waals surface area contributed by atoms with Crippen LogP contribution in [-0.4, -0.2) is 45.9 Å². The van der Waals surface area contributed by atoms with Crippen LogP contribution in [0.5, 0.6) is 46.0 Å². The fourth-order valence-corrected chi connectivity index (χ4v) is 4.33. The molecule has 0 unspecified atom stereocenters. The third kappa shape index (κ3) is 6.37. The van der Waals surface area contributed by atoms with Crippen LogP contribution in [-0.2, 0) is 9.47 Å². The second-order valence-electron chi connectivity index (χ2n) is 9.38. The zero-order valence-corrected chi connectivity index (χ0v) is 24.1. The van der Waals surface area contributed by atoms with Gasteiger partial charge in [-0.15, -0.1) is 0 Å². The van der Waals surface area contributed by atoms with Crippen molar-refractivity contribution in [2.45, 2.75) is 0 Å². The Morgan fingerprint density at radius 1 is 0.458 bits per heavy atom. The smallest absolute Gasteiger partial charge is 0.338 e. The van der Waals surface area contributed by atoms with Crippen LogP contribution in [0.15, 0.2) is 60.7 Å². The SMILES string of the molecule is COC(=O)c1cc2cc(c1)Oc1cc(c([N+](=O)[O-])cc1[N+](=O)[O-])Oc1cc(cc(C(=O)OC)c1)Oc1cc(c([N+](=O)[O-])cc1[N+](=O)[O-])O2. The molecule has 0 amide bonds. The average molecular weight is 664 g/mol. The maximum absolute atomic E-state index is 12.5. The van der Waals surface area contributed by atoms with E-state index in [2.05, 4.69) is 0 Å². The van der Waals surface area contributed by atoms with Crippen molar-refractivity contribution in [1.29, 1.82) is 0 Å². The van der Waals surface area contributed by atoms with Crippen molar-refractivity contribution in [2.75, 3.05) is 14.2 Å².